The molecule has 0 amide bonds. The number of aliphatic hydroxyl groups is 1. The molecule has 2 unspecified atom stereocenters. The van der Waals surface area contributed by atoms with Gasteiger partial charge in [-0.05, 0) is 47.9 Å². The van der Waals surface area contributed by atoms with E-state index >= 15 is 0 Å². The summed E-state index contributed by atoms with van der Waals surface area (Å²) in [6, 6.07) is 18.4. The molecule has 140 valence electrons. The Morgan fingerprint density at radius 1 is 1.07 bits per heavy atom. The van der Waals surface area contributed by atoms with E-state index < -0.39 is 6.10 Å². The van der Waals surface area contributed by atoms with Crippen LogP contribution in [-0.2, 0) is 0 Å². The van der Waals surface area contributed by atoms with Crippen molar-refractivity contribution in [2.24, 2.45) is 4.99 Å². The first kappa shape index (κ1) is 18.9. The van der Waals surface area contributed by atoms with E-state index in [0.29, 0.717) is 5.96 Å². The molecule has 3 N–H and O–H groups in total. The van der Waals surface area contributed by atoms with Crippen LogP contribution in [0.25, 0.3) is 10.8 Å². The lowest BCUT2D eigenvalue weighted by atomic mass is 10.00. The molecule has 1 heterocycles. The molecule has 0 spiro atoms. The molecule has 3 aromatic rings. The lowest BCUT2D eigenvalue weighted by molar-refractivity contribution is 0.187. The monoisotopic (exact) mass is 362 g/mol. The molecule has 3 rings (SSSR count). The van der Waals surface area contributed by atoms with Crippen molar-refractivity contribution in [2.75, 3.05) is 13.1 Å². The van der Waals surface area contributed by atoms with Crippen LogP contribution < -0.4 is 10.6 Å². The minimum atomic E-state index is -0.656. The molecule has 27 heavy (non-hydrogen) atoms. The Morgan fingerprint density at radius 2 is 1.81 bits per heavy atom. The molecule has 0 bridgehead atoms. The van der Waals surface area contributed by atoms with Crippen molar-refractivity contribution < 1.29 is 5.11 Å². The molecular formula is C22H26N4O. The molecule has 2 atom stereocenters. The van der Waals surface area contributed by atoms with Gasteiger partial charge < -0.3 is 15.7 Å². The Kier molecular flexibility index (Phi) is 6.39. The van der Waals surface area contributed by atoms with Crippen molar-refractivity contribution in [3.05, 3.63) is 78.1 Å². The lowest BCUT2D eigenvalue weighted by Gasteiger charge is -2.20. The second-order valence-corrected chi connectivity index (χ2v) is 6.45. The van der Waals surface area contributed by atoms with E-state index in [4.69, 9.17) is 0 Å². The number of rotatable bonds is 6. The Balaban J connectivity index is 1.75. The van der Waals surface area contributed by atoms with Crippen molar-refractivity contribution in [1.82, 2.24) is 15.6 Å². The Hall–Kier alpha value is -2.92. The number of hydrogen-bond donors (Lipinski definition) is 3. The summed E-state index contributed by atoms with van der Waals surface area (Å²) in [5.74, 6) is 0.686. The van der Waals surface area contributed by atoms with Crippen molar-refractivity contribution in [2.45, 2.75) is 26.0 Å². The van der Waals surface area contributed by atoms with Gasteiger partial charge in [-0.1, -0.05) is 42.5 Å². The average molecular weight is 362 g/mol. The fraction of sp³-hybridized carbons (Fsp3) is 0.273. The van der Waals surface area contributed by atoms with Gasteiger partial charge in [-0.3, -0.25) is 9.98 Å². The van der Waals surface area contributed by atoms with Crippen LogP contribution in [0.3, 0.4) is 0 Å². The summed E-state index contributed by atoms with van der Waals surface area (Å²) in [4.78, 5) is 8.54. The Labute approximate surface area is 160 Å². The maximum atomic E-state index is 10.3. The number of fused-ring (bicyclic) bond motifs is 1. The minimum Gasteiger partial charge on any atom is -0.386 e. The summed E-state index contributed by atoms with van der Waals surface area (Å²) in [6.45, 7) is 5.17. The summed E-state index contributed by atoms with van der Waals surface area (Å²) in [6.07, 6.45) is 2.69. The number of benzene rings is 2. The van der Waals surface area contributed by atoms with Gasteiger partial charge in [0.15, 0.2) is 5.96 Å². The van der Waals surface area contributed by atoms with Gasteiger partial charge in [0, 0.05) is 18.9 Å². The number of pyridine rings is 1. The second kappa shape index (κ2) is 9.14. The van der Waals surface area contributed by atoms with Gasteiger partial charge in [0.25, 0.3) is 0 Å². The SMILES string of the molecule is CCNC(=NCC(O)c1ccncc1)NC(C)c1cccc2ccccc12. The highest BCUT2D eigenvalue weighted by atomic mass is 16.3. The van der Waals surface area contributed by atoms with Crippen molar-refractivity contribution in [3.63, 3.8) is 0 Å². The first-order valence-electron chi connectivity index (χ1n) is 9.29. The zero-order chi connectivity index (χ0) is 19.1. The second-order valence-electron chi connectivity index (χ2n) is 6.45. The standard InChI is InChI=1S/C22H26N4O/c1-3-24-22(25-15-21(27)18-11-13-23-14-12-18)26-16(2)19-10-6-8-17-7-4-5-9-20(17)19/h4-14,16,21,27H,3,15H2,1-2H3,(H2,24,25,26). The van der Waals surface area contributed by atoms with Crippen molar-refractivity contribution >= 4 is 16.7 Å². The first-order chi connectivity index (χ1) is 13.2. The highest BCUT2D eigenvalue weighted by molar-refractivity contribution is 5.87. The molecular weight excluding hydrogens is 336 g/mol. The van der Waals surface area contributed by atoms with Crippen LogP contribution in [0.4, 0.5) is 0 Å². The average Bonchev–Trinajstić information content (AvgIpc) is 2.72. The predicted octanol–water partition coefficient (Wildman–Crippen LogP) is 3.58. The van der Waals surface area contributed by atoms with Crippen LogP contribution in [0.5, 0.6) is 0 Å². The molecule has 1 aromatic heterocycles. The van der Waals surface area contributed by atoms with Gasteiger partial charge >= 0.3 is 0 Å². The third kappa shape index (κ3) is 4.83. The van der Waals surface area contributed by atoms with E-state index in [2.05, 4.69) is 70.0 Å². The molecule has 0 saturated carbocycles. The van der Waals surface area contributed by atoms with Crippen LogP contribution in [0.15, 0.2) is 72.0 Å². The van der Waals surface area contributed by atoms with Gasteiger partial charge in [0.2, 0.25) is 0 Å². The topological polar surface area (TPSA) is 69.5 Å². The van der Waals surface area contributed by atoms with Crippen LogP contribution in [0, 0.1) is 0 Å². The maximum absolute atomic E-state index is 10.3. The van der Waals surface area contributed by atoms with Gasteiger partial charge in [-0.15, -0.1) is 0 Å². The normalized spacial score (nSPS) is 14.0. The van der Waals surface area contributed by atoms with E-state index in [1.165, 1.54) is 16.3 Å². The molecule has 0 aliphatic carbocycles. The van der Waals surface area contributed by atoms with Gasteiger partial charge in [0.05, 0.1) is 18.7 Å². The smallest absolute Gasteiger partial charge is 0.191 e. The summed E-state index contributed by atoms with van der Waals surface area (Å²) in [5.41, 5.74) is 2.03. The zero-order valence-electron chi connectivity index (χ0n) is 15.8. The van der Waals surface area contributed by atoms with Gasteiger partial charge in [0.1, 0.15) is 0 Å². The van der Waals surface area contributed by atoms with Gasteiger partial charge in [-0.2, -0.15) is 0 Å². The Morgan fingerprint density at radius 3 is 2.59 bits per heavy atom. The molecule has 0 aliphatic heterocycles. The highest BCUT2D eigenvalue weighted by Crippen LogP contribution is 2.24. The Bertz CT molecular complexity index is 890. The minimum absolute atomic E-state index is 0.0759. The van der Waals surface area contributed by atoms with Gasteiger partial charge in [-0.25, -0.2) is 0 Å². The van der Waals surface area contributed by atoms with E-state index in [9.17, 15) is 5.11 Å². The number of nitrogens with one attached hydrogen (secondary N) is 2. The molecule has 0 radical (unpaired) electrons. The number of aliphatic hydroxyl groups excluding tert-OH is 1. The van der Waals surface area contributed by atoms with Crippen molar-refractivity contribution in [3.8, 4) is 0 Å². The molecule has 2 aromatic carbocycles. The largest absolute Gasteiger partial charge is 0.386 e. The van der Waals surface area contributed by atoms with E-state index in [0.717, 1.165) is 12.1 Å². The number of guanidine groups is 1. The summed E-state index contributed by atoms with van der Waals surface area (Å²) >= 11 is 0. The maximum Gasteiger partial charge on any atom is 0.191 e. The van der Waals surface area contributed by atoms with E-state index in [-0.39, 0.29) is 12.6 Å². The number of nitrogens with zero attached hydrogens (tertiary/aromatic N) is 2. The van der Waals surface area contributed by atoms with Crippen LogP contribution >= 0.6 is 0 Å². The van der Waals surface area contributed by atoms with Crippen LogP contribution in [0.2, 0.25) is 0 Å². The highest BCUT2D eigenvalue weighted by Gasteiger charge is 2.12. The van der Waals surface area contributed by atoms with E-state index in [1.54, 1.807) is 24.5 Å². The number of aliphatic imine (C=N–C) groups is 1. The molecule has 5 nitrogen and oxygen atoms in total. The van der Waals surface area contributed by atoms with Crippen LogP contribution in [0.1, 0.15) is 37.1 Å². The lowest BCUT2D eigenvalue weighted by Crippen LogP contribution is -2.39. The van der Waals surface area contributed by atoms with E-state index in [1.807, 2.05) is 6.92 Å². The summed E-state index contributed by atoms with van der Waals surface area (Å²) in [5, 5.41) is 19.5. The summed E-state index contributed by atoms with van der Waals surface area (Å²) < 4.78 is 0. The quantitative estimate of drug-likeness (QED) is 0.463. The van der Waals surface area contributed by atoms with Crippen LogP contribution in [-0.4, -0.2) is 29.1 Å². The third-order valence-electron chi connectivity index (χ3n) is 4.50. The fourth-order valence-electron chi connectivity index (χ4n) is 3.10. The molecule has 5 heteroatoms. The molecule has 0 fully saturated rings. The number of aromatic nitrogens is 1. The van der Waals surface area contributed by atoms with Crippen molar-refractivity contribution in [1.29, 1.82) is 0 Å². The summed E-state index contributed by atoms with van der Waals surface area (Å²) in [7, 11) is 0. The molecule has 0 saturated heterocycles. The third-order valence-corrected chi connectivity index (χ3v) is 4.50. The first-order valence-corrected chi connectivity index (χ1v) is 9.29. The molecule has 0 aliphatic rings. The zero-order valence-corrected chi connectivity index (χ0v) is 15.8. The predicted molar refractivity (Wildman–Crippen MR) is 111 cm³/mol. The fourth-order valence-corrected chi connectivity index (χ4v) is 3.10. The number of hydrogen-bond acceptors (Lipinski definition) is 3.